The zero-order valence-electron chi connectivity index (χ0n) is 14.9. The molecule has 2 aromatic carbocycles. The number of nitrogens with zero attached hydrogens (tertiary/aromatic N) is 2. The second-order valence-electron chi connectivity index (χ2n) is 6.54. The molecule has 138 valence electrons. The van der Waals surface area contributed by atoms with E-state index in [0.29, 0.717) is 28.8 Å². The summed E-state index contributed by atoms with van der Waals surface area (Å²) in [5.74, 6) is -0.400. The van der Waals surface area contributed by atoms with Crippen LogP contribution in [0.2, 0.25) is 0 Å². The van der Waals surface area contributed by atoms with Gasteiger partial charge < -0.3 is 9.72 Å². The lowest BCUT2D eigenvalue weighted by atomic mass is 10.0. The number of pyridine rings is 1. The maximum absolute atomic E-state index is 15.0. The molecule has 1 amide bonds. The summed E-state index contributed by atoms with van der Waals surface area (Å²) >= 11 is 0. The van der Waals surface area contributed by atoms with Crippen LogP contribution in [0.1, 0.15) is 0 Å². The number of aromatic amines is 1. The smallest absolute Gasteiger partial charge is 0.414 e. The van der Waals surface area contributed by atoms with Crippen molar-refractivity contribution in [2.24, 2.45) is 0 Å². The van der Waals surface area contributed by atoms with Crippen LogP contribution in [0.5, 0.6) is 0 Å². The van der Waals surface area contributed by atoms with Gasteiger partial charge in [0.25, 0.3) is 0 Å². The van der Waals surface area contributed by atoms with Gasteiger partial charge in [0.15, 0.2) is 0 Å². The molecule has 5 nitrogen and oxygen atoms in total. The lowest BCUT2D eigenvalue weighted by molar-refractivity contribution is 0.181. The number of anilines is 1. The van der Waals surface area contributed by atoms with Crippen molar-refractivity contribution in [3.63, 3.8) is 0 Å². The Balaban J connectivity index is 1.86. The number of nitrogens with one attached hydrogen (secondary N) is 1. The normalized spacial score (nSPS) is 13.9. The molecule has 2 aromatic heterocycles. The summed E-state index contributed by atoms with van der Waals surface area (Å²) in [5, 5.41) is 0.362. The molecule has 1 aliphatic rings. The highest BCUT2D eigenvalue weighted by Gasteiger charge is 2.31. The van der Waals surface area contributed by atoms with Crippen molar-refractivity contribution in [1.29, 1.82) is 0 Å². The summed E-state index contributed by atoms with van der Waals surface area (Å²) in [6.45, 7) is 0.653. The zero-order valence-corrected chi connectivity index (χ0v) is 14.9. The molecule has 0 radical (unpaired) electrons. The minimum atomic E-state index is -0.472. The Morgan fingerprint density at radius 3 is 2.57 bits per heavy atom. The zero-order chi connectivity index (χ0) is 19.1. The molecule has 0 saturated carbocycles. The number of halogens is 1. The van der Waals surface area contributed by atoms with E-state index in [1.54, 1.807) is 12.3 Å². The van der Waals surface area contributed by atoms with Crippen LogP contribution in [0.4, 0.5) is 14.9 Å². The molecule has 1 fully saturated rings. The van der Waals surface area contributed by atoms with Crippen LogP contribution in [-0.4, -0.2) is 29.2 Å². The predicted octanol–water partition coefficient (Wildman–Crippen LogP) is 4.99. The third-order valence-corrected chi connectivity index (χ3v) is 4.91. The molecule has 28 heavy (non-hydrogen) atoms. The lowest BCUT2D eigenvalue weighted by Crippen LogP contribution is -2.23. The molecule has 3 heterocycles. The van der Waals surface area contributed by atoms with E-state index in [0.717, 1.165) is 16.8 Å². The first kappa shape index (κ1) is 16.5. The number of aromatic nitrogens is 2. The van der Waals surface area contributed by atoms with Crippen molar-refractivity contribution in [2.45, 2.75) is 0 Å². The summed E-state index contributed by atoms with van der Waals surface area (Å²) in [4.78, 5) is 21.6. The average molecular weight is 373 g/mol. The van der Waals surface area contributed by atoms with E-state index in [1.807, 2.05) is 48.5 Å². The maximum atomic E-state index is 15.0. The van der Waals surface area contributed by atoms with E-state index in [-0.39, 0.29) is 6.61 Å². The number of carbonyl (C=O) groups is 1. The van der Waals surface area contributed by atoms with Gasteiger partial charge >= 0.3 is 6.09 Å². The first-order chi connectivity index (χ1) is 13.7. The Morgan fingerprint density at radius 1 is 1.04 bits per heavy atom. The highest BCUT2D eigenvalue weighted by atomic mass is 19.1. The number of rotatable bonds is 3. The number of hydrogen-bond acceptors (Lipinski definition) is 3. The summed E-state index contributed by atoms with van der Waals surface area (Å²) in [6.07, 6.45) is 1.23. The molecule has 1 aliphatic heterocycles. The Morgan fingerprint density at radius 2 is 1.86 bits per heavy atom. The standard InChI is InChI=1S/C22H16FN3O2/c23-16-10-9-15(17-8-4-5-11-24-17)20-18(16)21(26-12-13-28-22(26)27)19(25-20)14-6-2-1-3-7-14/h1-11,25H,12-13H2. The Hall–Kier alpha value is -3.67. The van der Waals surface area contributed by atoms with Crippen molar-refractivity contribution < 1.29 is 13.9 Å². The second-order valence-corrected chi connectivity index (χ2v) is 6.54. The van der Waals surface area contributed by atoms with E-state index in [2.05, 4.69) is 9.97 Å². The minimum absolute atomic E-state index is 0.279. The van der Waals surface area contributed by atoms with E-state index in [1.165, 1.54) is 11.0 Å². The molecular formula is C22H16FN3O2. The molecule has 4 aromatic rings. The molecule has 0 aliphatic carbocycles. The molecule has 0 atom stereocenters. The van der Waals surface area contributed by atoms with Crippen LogP contribution in [0.25, 0.3) is 33.4 Å². The highest BCUT2D eigenvalue weighted by molar-refractivity contribution is 6.12. The van der Waals surface area contributed by atoms with Gasteiger partial charge in [0.1, 0.15) is 12.4 Å². The van der Waals surface area contributed by atoms with Gasteiger partial charge in [-0.1, -0.05) is 36.4 Å². The number of H-pyrrole nitrogens is 1. The second kappa shape index (κ2) is 6.49. The van der Waals surface area contributed by atoms with Gasteiger partial charge in [0, 0.05) is 17.3 Å². The molecule has 1 saturated heterocycles. The van der Waals surface area contributed by atoms with Gasteiger partial charge in [-0.05, 0) is 24.3 Å². The predicted molar refractivity (Wildman–Crippen MR) is 106 cm³/mol. The number of hydrogen-bond donors (Lipinski definition) is 1. The van der Waals surface area contributed by atoms with Crippen LogP contribution in [0.3, 0.4) is 0 Å². The minimum Gasteiger partial charge on any atom is -0.447 e. The summed E-state index contributed by atoms with van der Waals surface area (Å²) in [5.41, 5.74) is 4.14. The van der Waals surface area contributed by atoms with Crippen LogP contribution in [0.15, 0.2) is 66.9 Å². The van der Waals surface area contributed by atoms with Crippen LogP contribution in [-0.2, 0) is 4.74 Å². The van der Waals surface area contributed by atoms with Gasteiger partial charge in [-0.2, -0.15) is 0 Å². The van der Waals surface area contributed by atoms with Crippen molar-refractivity contribution >= 4 is 22.7 Å². The van der Waals surface area contributed by atoms with Gasteiger partial charge in [-0.25, -0.2) is 9.18 Å². The van der Waals surface area contributed by atoms with Crippen molar-refractivity contribution in [1.82, 2.24) is 9.97 Å². The molecule has 0 unspecified atom stereocenters. The lowest BCUT2D eigenvalue weighted by Gasteiger charge is -2.15. The van der Waals surface area contributed by atoms with Crippen LogP contribution >= 0.6 is 0 Å². The number of amides is 1. The van der Waals surface area contributed by atoms with Gasteiger partial charge in [0.05, 0.1) is 34.5 Å². The maximum Gasteiger partial charge on any atom is 0.414 e. The molecular weight excluding hydrogens is 357 g/mol. The third-order valence-electron chi connectivity index (χ3n) is 4.91. The van der Waals surface area contributed by atoms with Crippen molar-refractivity contribution in [3.05, 3.63) is 72.7 Å². The van der Waals surface area contributed by atoms with Gasteiger partial charge in [0.2, 0.25) is 0 Å². The van der Waals surface area contributed by atoms with Crippen molar-refractivity contribution in [2.75, 3.05) is 18.1 Å². The summed E-state index contributed by atoms with van der Waals surface area (Å²) < 4.78 is 20.2. The number of ether oxygens (including phenoxy) is 1. The summed E-state index contributed by atoms with van der Waals surface area (Å²) in [6, 6.07) is 18.3. The Labute approximate surface area is 160 Å². The van der Waals surface area contributed by atoms with Crippen LogP contribution in [0, 0.1) is 5.82 Å². The van der Waals surface area contributed by atoms with Crippen molar-refractivity contribution in [3.8, 4) is 22.5 Å². The van der Waals surface area contributed by atoms with E-state index in [4.69, 9.17) is 4.74 Å². The topological polar surface area (TPSA) is 58.2 Å². The fourth-order valence-electron chi connectivity index (χ4n) is 3.66. The SMILES string of the molecule is O=C1OCCN1c1c(-c2ccccc2)[nH]c2c(-c3ccccn3)ccc(F)c12. The fourth-order valence-corrected chi connectivity index (χ4v) is 3.66. The summed E-state index contributed by atoms with van der Waals surface area (Å²) in [7, 11) is 0. The Bertz CT molecular complexity index is 1170. The third kappa shape index (κ3) is 2.53. The molecule has 5 rings (SSSR count). The first-order valence-electron chi connectivity index (χ1n) is 8.99. The first-order valence-corrected chi connectivity index (χ1v) is 8.99. The molecule has 0 bridgehead atoms. The number of benzene rings is 2. The largest absolute Gasteiger partial charge is 0.447 e. The number of carbonyl (C=O) groups excluding carboxylic acids is 1. The quantitative estimate of drug-likeness (QED) is 0.550. The number of cyclic esters (lactones) is 1. The monoisotopic (exact) mass is 373 g/mol. The molecule has 6 heteroatoms. The van der Waals surface area contributed by atoms with Crippen LogP contribution < -0.4 is 4.90 Å². The number of fused-ring (bicyclic) bond motifs is 1. The molecule has 1 N–H and O–H groups in total. The molecule has 0 spiro atoms. The van der Waals surface area contributed by atoms with Gasteiger partial charge in [-0.15, -0.1) is 0 Å². The van der Waals surface area contributed by atoms with Gasteiger partial charge in [-0.3, -0.25) is 9.88 Å². The fraction of sp³-hybridized carbons (Fsp3) is 0.0909. The Kier molecular flexibility index (Phi) is 3.83. The average Bonchev–Trinajstić information content (AvgIpc) is 3.33. The van der Waals surface area contributed by atoms with E-state index < -0.39 is 11.9 Å². The van der Waals surface area contributed by atoms with E-state index >= 15 is 4.39 Å². The van der Waals surface area contributed by atoms with E-state index in [9.17, 15) is 4.79 Å². The highest BCUT2D eigenvalue weighted by Crippen LogP contribution is 2.43.